The van der Waals surface area contributed by atoms with Crippen molar-refractivity contribution in [3.8, 4) is 12.1 Å². The Morgan fingerprint density at radius 2 is 1.77 bits per heavy atom. The second kappa shape index (κ2) is 6.41. The van der Waals surface area contributed by atoms with Gasteiger partial charge in [0.25, 0.3) is 0 Å². The summed E-state index contributed by atoms with van der Waals surface area (Å²) in [5, 5.41) is 20.7. The summed E-state index contributed by atoms with van der Waals surface area (Å²) in [7, 11) is 2.72. The molecule has 0 radical (unpaired) electrons. The van der Waals surface area contributed by atoms with Gasteiger partial charge in [0.15, 0.2) is 10.8 Å². The maximum atomic E-state index is 13.9. The summed E-state index contributed by atoms with van der Waals surface area (Å²) in [5.74, 6) is -1.45. The zero-order valence-electron chi connectivity index (χ0n) is 16.1. The number of nitrogens with zero attached hydrogens (tertiary/aromatic N) is 4. The molecule has 0 unspecified atom stereocenters. The number of likely N-dealkylation sites (N-methyl/N-ethyl adjacent to an activating group) is 1. The first kappa shape index (κ1) is 19.6. The molecule has 7 nitrogen and oxygen atoms in total. The smallest absolute Gasteiger partial charge is 0.340 e. The molecular weight excluding hydrogens is 404 g/mol. The average Bonchev–Trinajstić information content (AvgIpc) is 3.22. The van der Waals surface area contributed by atoms with Crippen LogP contribution in [0.5, 0.6) is 0 Å². The lowest BCUT2D eigenvalue weighted by Crippen LogP contribution is -2.63. The van der Waals surface area contributed by atoms with Crippen molar-refractivity contribution in [1.82, 2.24) is 0 Å². The largest absolute Gasteiger partial charge is 0.467 e. The van der Waals surface area contributed by atoms with Crippen LogP contribution in [0.15, 0.2) is 53.5 Å². The van der Waals surface area contributed by atoms with Crippen molar-refractivity contribution in [1.29, 1.82) is 10.5 Å². The molecule has 2 aromatic rings. The molecule has 4 rings (SSSR count). The van der Waals surface area contributed by atoms with Crippen molar-refractivity contribution in [2.24, 2.45) is 10.4 Å². The first-order valence-electron chi connectivity index (χ1n) is 8.97. The number of halogens is 1. The third kappa shape index (κ3) is 1.95. The zero-order chi connectivity index (χ0) is 21.7. The lowest BCUT2D eigenvalue weighted by atomic mass is 9.53. The Balaban J connectivity index is 2.23. The van der Waals surface area contributed by atoms with Crippen LogP contribution in [0.25, 0.3) is 0 Å². The number of carbonyl (C=O) groups excluding carboxylic acids is 2. The first-order valence-corrected chi connectivity index (χ1v) is 9.35. The Kier molecular flexibility index (Phi) is 4.20. The van der Waals surface area contributed by atoms with Gasteiger partial charge in [-0.05, 0) is 29.3 Å². The number of hydrogen-bond donors (Lipinski definition) is 0. The number of benzene rings is 2. The fourth-order valence-electron chi connectivity index (χ4n) is 4.67. The van der Waals surface area contributed by atoms with E-state index in [4.69, 9.17) is 16.3 Å². The third-order valence-electron chi connectivity index (χ3n) is 5.98. The van der Waals surface area contributed by atoms with Gasteiger partial charge in [0.1, 0.15) is 0 Å². The standard InChI is InChI=1S/C22H15ClN4O3/c1-27-17-6-4-3-5-16(17)21(18(27)28)20(11-24,12-25)13-26-22(21,19(29)30-2)14-7-9-15(23)10-8-14/h3-10,13H,1-2H3/t21-,22-/m1/s1. The Hall–Kier alpha value is -3.68. The molecule has 0 saturated carbocycles. The first-order chi connectivity index (χ1) is 14.4. The Bertz CT molecular complexity index is 1180. The van der Waals surface area contributed by atoms with Crippen LogP contribution in [0, 0.1) is 28.1 Å². The van der Waals surface area contributed by atoms with Gasteiger partial charge in [-0.2, -0.15) is 10.5 Å². The summed E-state index contributed by atoms with van der Waals surface area (Å²) >= 11 is 6.04. The third-order valence-corrected chi connectivity index (χ3v) is 6.23. The monoisotopic (exact) mass is 418 g/mol. The highest BCUT2D eigenvalue weighted by Crippen LogP contribution is 2.64. The fourth-order valence-corrected chi connectivity index (χ4v) is 4.79. The molecule has 2 aliphatic rings. The Morgan fingerprint density at radius 3 is 2.37 bits per heavy atom. The van der Waals surface area contributed by atoms with Gasteiger partial charge < -0.3 is 9.64 Å². The highest BCUT2D eigenvalue weighted by Gasteiger charge is 2.80. The van der Waals surface area contributed by atoms with E-state index in [9.17, 15) is 20.1 Å². The second-order valence-corrected chi connectivity index (χ2v) is 7.57. The molecule has 148 valence electrons. The van der Waals surface area contributed by atoms with Crippen molar-refractivity contribution < 1.29 is 14.3 Å². The van der Waals surface area contributed by atoms with E-state index in [0.29, 0.717) is 21.8 Å². The van der Waals surface area contributed by atoms with E-state index in [1.54, 1.807) is 48.5 Å². The van der Waals surface area contributed by atoms with Gasteiger partial charge in [0.05, 0.1) is 19.2 Å². The Morgan fingerprint density at radius 1 is 1.13 bits per heavy atom. The van der Waals surface area contributed by atoms with E-state index in [0.717, 1.165) is 6.21 Å². The minimum Gasteiger partial charge on any atom is -0.467 e. The average molecular weight is 419 g/mol. The van der Waals surface area contributed by atoms with E-state index >= 15 is 0 Å². The molecule has 2 atom stereocenters. The molecular formula is C22H15ClN4O3. The Labute approximate surface area is 177 Å². The maximum absolute atomic E-state index is 13.9. The number of aliphatic imine (C=N–C) groups is 1. The molecule has 1 amide bonds. The highest BCUT2D eigenvalue weighted by atomic mass is 35.5. The van der Waals surface area contributed by atoms with Gasteiger partial charge in [0.2, 0.25) is 11.4 Å². The lowest BCUT2D eigenvalue weighted by Gasteiger charge is -2.42. The van der Waals surface area contributed by atoms with Crippen molar-refractivity contribution >= 4 is 35.4 Å². The van der Waals surface area contributed by atoms with Gasteiger partial charge in [0, 0.05) is 24.0 Å². The van der Waals surface area contributed by atoms with Gasteiger partial charge in [-0.25, -0.2) is 4.79 Å². The highest BCUT2D eigenvalue weighted by molar-refractivity contribution is 6.30. The number of hydrogen-bond acceptors (Lipinski definition) is 6. The van der Waals surface area contributed by atoms with Crippen LogP contribution in [0.4, 0.5) is 5.69 Å². The quantitative estimate of drug-likeness (QED) is 0.697. The summed E-state index contributed by atoms with van der Waals surface area (Å²) in [6.07, 6.45) is 1.10. The second-order valence-electron chi connectivity index (χ2n) is 7.13. The molecule has 2 aliphatic heterocycles. The summed E-state index contributed by atoms with van der Waals surface area (Å²) in [4.78, 5) is 33.1. The molecule has 2 aromatic carbocycles. The van der Waals surface area contributed by atoms with Crippen LogP contribution in [0.2, 0.25) is 5.02 Å². The van der Waals surface area contributed by atoms with Crippen LogP contribution in [0.3, 0.4) is 0 Å². The van der Waals surface area contributed by atoms with Gasteiger partial charge in [-0.3, -0.25) is 9.79 Å². The van der Waals surface area contributed by atoms with Crippen LogP contribution in [-0.2, 0) is 25.3 Å². The summed E-state index contributed by atoms with van der Waals surface area (Å²) in [6.45, 7) is 0. The van der Waals surface area contributed by atoms with E-state index in [-0.39, 0.29) is 0 Å². The van der Waals surface area contributed by atoms with Crippen molar-refractivity contribution in [3.63, 3.8) is 0 Å². The molecule has 0 bridgehead atoms. The molecule has 0 aliphatic carbocycles. The van der Waals surface area contributed by atoms with E-state index in [1.807, 2.05) is 12.1 Å². The number of carbonyl (C=O) groups is 2. The molecule has 30 heavy (non-hydrogen) atoms. The molecule has 0 saturated heterocycles. The van der Waals surface area contributed by atoms with Crippen LogP contribution in [0.1, 0.15) is 11.1 Å². The topological polar surface area (TPSA) is 107 Å². The normalized spacial score (nSPS) is 25.6. The number of fused-ring (bicyclic) bond motifs is 2. The van der Waals surface area contributed by atoms with Crippen LogP contribution < -0.4 is 4.90 Å². The fraction of sp³-hybridized carbons (Fsp3) is 0.227. The van der Waals surface area contributed by atoms with Crippen LogP contribution >= 0.6 is 11.6 Å². The van der Waals surface area contributed by atoms with Gasteiger partial charge in [-0.1, -0.05) is 41.9 Å². The number of esters is 1. The lowest BCUT2D eigenvalue weighted by molar-refractivity contribution is -0.154. The number of anilines is 1. The number of ether oxygens (including phenoxy) is 1. The molecule has 0 fully saturated rings. The minimum atomic E-state index is -2.04. The summed E-state index contributed by atoms with van der Waals surface area (Å²) in [6, 6.07) is 16.9. The van der Waals surface area contributed by atoms with Crippen molar-refractivity contribution in [3.05, 3.63) is 64.7 Å². The molecule has 0 N–H and O–H groups in total. The number of nitriles is 2. The molecule has 1 spiro atoms. The van der Waals surface area contributed by atoms with E-state index < -0.39 is 28.2 Å². The van der Waals surface area contributed by atoms with Crippen molar-refractivity contribution in [2.45, 2.75) is 11.0 Å². The number of rotatable bonds is 2. The minimum absolute atomic E-state index is 0.292. The maximum Gasteiger partial charge on any atom is 0.340 e. The number of para-hydroxylation sites is 1. The zero-order valence-corrected chi connectivity index (χ0v) is 16.8. The number of amides is 1. The predicted molar refractivity (Wildman–Crippen MR) is 109 cm³/mol. The number of methoxy groups -OCH3 is 1. The predicted octanol–water partition coefficient (Wildman–Crippen LogP) is 2.74. The SMILES string of the molecule is COC(=O)[C@@]1(c2ccc(Cl)cc2)N=CC(C#N)(C#N)[C@@]12C(=O)N(C)c1ccccc12. The van der Waals surface area contributed by atoms with E-state index in [1.165, 1.54) is 19.1 Å². The van der Waals surface area contributed by atoms with Crippen molar-refractivity contribution in [2.75, 3.05) is 19.1 Å². The van der Waals surface area contributed by atoms with Crippen LogP contribution in [-0.4, -0.2) is 32.2 Å². The molecule has 2 heterocycles. The van der Waals surface area contributed by atoms with Gasteiger partial charge >= 0.3 is 5.97 Å². The van der Waals surface area contributed by atoms with E-state index in [2.05, 4.69) is 4.99 Å². The molecule has 0 aromatic heterocycles. The van der Waals surface area contributed by atoms with Gasteiger partial charge in [-0.15, -0.1) is 0 Å². The summed E-state index contributed by atoms with van der Waals surface area (Å²) in [5.41, 5.74) is -4.87. The molecule has 8 heteroatoms. The summed E-state index contributed by atoms with van der Waals surface area (Å²) < 4.78 is 5.11.